The molecule has 0 aromatic carbocycles. The van der Waals surface area contributed by atoms with Gasteiger partial charge in [-0.05, 0) is 38.8 Å². The quantitative estimate of drug-likeness (QED) is 0.362. The van der Waals surface area contributed by atoms with Crippen molar-refractivity contribution in [1.29, 1.82) is 0 Å². The third kappa shape index (κ3) is 5.91. The van der Waals surface area contributed by atoms with E-state index in [4.69, 9.17) is 21.6 Å². The molecule has 0 amide bonds. The lowest BCUT2D eigenvalue weighted by Crippen LogP contribution is -2.53. The van der Waals surface area contributed by atoms with Crippen molar-refractivity contribution in [3.05, 3.63) is 52.9 Å². The van der Waals surface area contributed by atoms with E-state index >= 15 is 0 Å². The molecule has 212 valence electrons. The molecule has 0 spiro atoms. The highest BCUT2D eigenvalue weighted by atomic mass is 35.5. The highest BCUT2D eigenvalue weighted by Gasteiger charge is 2.38. The van der Waals surface area contributed by atoms with Crippen LogP contribution in [-0.4, -0.2) is 64.7 Å². The Morgan fingerprint density at radius 1 is 1.05 bits per heavy atom. The maximum atomic E-state index is 14.0. The second-order valence-electron chi connectivity index (χ2n) is 10.1. The summed E-state index contributed by atoms with van der Waals surface area (Å²) in [6, 6.07) is 4.78. The molecule has 5 rings (SSSR count). The first-order valence-electron chi connectivity index (χ1n) is 13.0. The third-order valence-corrected chi connectivity index (χ3v) is 7.49. The third-order valence-electron chi connectivity index (χ3n) is 7.28. The van der Waals surface area contributed by atoms with E-state index in [0.29, 0.717) is 48.2 Å². The second-order valence-corrected chi connectivity index (χ2v) is 10.5. The first kappa shape index (κ1) is 27.9. The summed E-state index contributed by atoms with van der Waals surface area (Å²) in [6.07, 6.45) is 2.05. The summed E-state index contributed by atoms with van der Waals surface area (Å²) < 4.78 is 46.6. The number of rotatable bonds is 7. The number of carbonyl (C=O) groups is 1. The van der Waals surface area contributed by atoms with Gasteiger partial charge in [-0.15, -0.1) is 0 Å². The van der Waals surface area contributed by atoms with E-state index in [-0.39, 0.29) is 30.5 Å². The molecule has 0 unspecified atom stereocenters. The van der Waals surface area contributed by atoms with E-state index in [1.54, 1.807) is 23.4 Å². The van der Waals surface area contributed by atoms with Crippen LogP contribution in [0, 0.1) is 0 Å². The highest BCUT2D eigenvalue weighted by molar-refractivity contribution is 6.30. The average Bonchev–Trinajstić information content (AvgIpc) is 3.36. The number of halogens is 4. The molecule has 2 fully saturated rings. The van der Waals surface area contributed by atoms with Gasteiger partial charge in [0, 0.05) is 74.0 Å². The summed E-state index contributed by atoms with van der Waals surface area (Å²) in [4.78, 5) is 34.5. The van der Waals surface area contributed by atoms with Gasteiger partial charge in [0.05, 0.1) is 16.3 Å². The molecule has 9 nitrogen and oxygen atoms in total. The van der Waals surface area contributed by atoms with Gasteiger partial charge < -0.3 is 19.4 Å². The molecule has 5 heterocycles. The minimum absolute atomic E-state index is 0.145. The fourth-order valence-corrected chi connectivity index (χ4v) is 5.46. The minimum Gasteiger partial charge on any atom is -0.463 e. The van der Waals surface area contributed by atoms with E-state index < -0.39 is 11.7 Å². The van der Waals surface area contributed by atoms with Crippen LogP contribution in [0.15, 0.2) is 36.8 Å². The number of hydrogen-bond acceptors (Lipinski definition) is 9. The monoisotopic (exact) mass is 575 g/mol. The number of nitrogens with zero attached hydrogens (tertiary/aromatic N) is 7. The number of anilines is 3. The summed E-state index contributed by atoms with van der Waals surface area (Å²) in [5, 5.41) is 0.493. The van der Waals surface area contributed by atoms with Crippen molar-refractivity contribution in [3.63, 3.8) is 0 Å². The predicted octanol–water partition coefficient (Wildman–Crippen LogP) is 4.98. The van der Waals surface area contributed by atoms with Gasteiger partial charge >= 0.3 is 6.18 Å². The fraction of sp³-hybridized carbons (Fsp3) is 0.444. The number of alkyl halides is 3. The van der Waals surface area contributed by atoms with Crippen LogP contribution < -0.4 is 14.7 Å². The Morgan fingerprint density at radius 3 is 2.55 bits per heavy atom. The normalized spacial score (nSPS) is 19.7. The van der Waals surface area contributed by atoms with Crippen LogP contribution in [0.3, 0.4) is 0 Å². The number of aromatic nitrogens is 4. The standard InChI is InChI=1S/C27H29ClF3N7O2/c1-17-4-3-5-38(17)26-34-23(20-9-21(28)13-32-12-20)10-24(35-26)37-7-6-36(14-18(37)2)25-22(27(29,30)31)8-19(11-33-25)15-40-16-39/h8-13,16-18H,3-7,14-15H2,1-2H3/t17-,18-/m0/s1. The first-order chi connectivity index (χ1) is 19.1. The lowest BCUT2D eigenvalue weighted by Gasteiger charge is -2.42. The van der Waals surface area contributed by atoms with Crippen LogP contribution in [0.5, 0.6) is 0 Å². The number of carbonyl (C=O) groups excluding carboxylic acids is 1. The van der Waals surface area contributed by atoms with Crippen molar-refractivity contribution < 1.29 is 22.7 Å². The van der Waals surface area contributed by atoms with Crippen LogP contribution in [-0.2, 0) is 22.3 Å². The number of hydrogen-bond donors (Lipinski definition) is 0. The van der Waals surface area contributed by atoms with Gasteiger partial charge in [-0.2, -0.15) is 18.2 Å². The lowest BCUT2D eigenvalue weighted by molar-refractivity contribution is -0.137. The van der Waals surface area contributed by atoms with Crippen molar-refractivity contribution in [2.45, 2.75) is 51.6 Å². The van der Waals surface area contributed by atoms with Gasteiger partial charge in [-0.3, -0.25) is 9.78 Å². The lowest BCUT2D eigenvalue weighted by atomic mass is 10.1. The molecule has 2 saturated heterocycles. The molecule has 40 heavy (non-hydrogen) atoms. The largest absolute Gasteiger partial charge is 0.463 e. The summed E-state index contributed by atoms with van der Waals surface area (Å²) in [5.41, 5.74) is 0.747. The van der Waals surface area contributed by atoms with Crippen molar-refractivity contribution >= 4 is 35.7 Å². The number of piperazine rings is 1. The molecule has 0 bridgehead atoms. The molecule has 0 radical (unpaired) electrons. The highest BCUT2D eigenvalue weighted by Crippen LogP contribution is 2.37. The molecule has 2 aliphatic rings. The fourth-order valence-electron chi connectivity index (χ4n) is 5.29. The predicted molar refractivity (Wildman–Crippen MR) is 145 cm³/mol. The maximum Gasteiger partial charge on any atom is 0.419 e. The Morgan fingerprint density at radius 2 is 1.88 bits per heavy atom. The van der Waals surface area contributed by atoms with Crippen LogP contribution in [0.4, 0.5) is 30.8 Å². The molecule has 0 N–H and O–H groups in total. The molecule has 2 aliphatic heterocycles. The Labute approximate surface area is 235 Å². The van der Waals surface area contributed by atoms with Crippen LogP contribution in [0.25, 0.3) is 11.3 Å². The van der Waals surface area contributed by atoms with Crippen LogP contribution >= 0.6 is 11.6 Å². The van der Waals surface area contributed by atoms with E-state index in [0.717, 1.165) is 31.0 Å². The van der Waals surface area contributed by atoms with Crippen molar-refractivity contribution in [1.82, 2.24) is 19.9 Å². The second kappa shape index (κ2) is 11.4. The summed E-state index contributed by atoms with van der Waals surface area (Å²) in [5.74, 6) is 1.16. The van der Waals surface area contributed by atoms with E-state index in [2.05, 4.69) is 31.4 Å². The smallest absolute Gasteiger partial charge is 0.419 e. The van der Waals surface area contributed by atoms with Gasteiger partial charge in [0.2, 0.25) is 5.95 Å². The number of ether oxygens (including phenoxy) is 1. The van der Waals surface area contributed by atoms with Gasteiger partial charge in [0.1, 0.15) is 18.2 Å². The molecule has 0 saturated carbocycles. The van der Waals surface area contributed by atoms with E-state index in [1.165, 1.54) is 6.20 Å². The average molecular weight is 576 g/mol. The molecular formula is C27H29ClF3N7O2. The summed E-state index contributed by atoms with van der Waals surface area (Å²) >= 11 is 6.21. The molecule has 2 atom stereocenters. The molecule has 0 aliphatic carbocycles. The van der Waals surface area contributed by atoms with Crippen molar-refractivity contribution in [2.75, 3.05) is 40.9 Å². The topological polar surface area (TPSA) is 87.6 Å². The van der Waals surface area contributed by atoms with Gasteiger partial charge in [0.15, 0.2) is 0 Å². The molecule has 13 heteroatoms. The summed E-state index contributed by atoms with van der Waals surface area (Å²) in [6.45, 7) is 5.89. The Balaban J connectivity index is 1.45. The molecular weight excluding hydrogens is 547 g/mol. The first-order valence-corrected chi connectivity index (χ1v) is 13.4. The van der Waals surface area contributed by atoms with Gasteiger partial charge in [0.25, 0.3) is 6.47 Å². The zero-order valence-electron chi connectivity index (χ0n) is 22.1. The van der Waals surface area contributed by atoms with E-state index in [9.17, 15) is 18.0 Å². The Kier molecular flexibility index (Phi) is 7.97. The molecule has 3 aromatic rings. The van der Waals surface area contributed by atoms with Crippen molar-refractivity contribution in [3.8, 4) is 11.3 Å². The van der Waals surface area contributed by atoms with Gasteiger partial charge in [-0.25, -0.2) is 9.97 Å². The number of pyridine rings is 2. The van der Waals surface area contributed by atoms with Crippen LogP contribution in [0.2, 0.25) is 5.02 Å². The summed E-state index contributed by atoms with van der Waals surface area (Å²) in [7, 11) is 0. The van der Waals surface area contributed by atoms with Crippen LogP contribution in [0.1, 0.15) is 37.8 Å². The SMILES string of the molecule is C[C@H]1CN(c2ncc(COC=O)cc2C(F)(F)F)CCN1c1cc(-c2cncc(Cl)c2)nc(N2CCC[C@@H]2C)n1. The Bertz CT molecular complexity index is 1380. The Hall–Kier alpha value is -3.67. The van der Waals surface area contributed by atoms with Gasteiger partial charge in [-0.1, -0.05) is 11.6 Å². The zero-order valence-corrected chi connectivity index (χ0v) is 22.9. The van der Waals surface area contributed by atoms with Crippen molar-refractivity contribution in [2.24, 2.45) is 0 Å². The zero-order chi connectivity index (χ0) is 28.4. The van der Waals surface area contributed by atoms with E-state index in [1.807, 2.05) is 13.0 Å². The maximum absolute atomic E-state index is 14.0. The molecule has 3 aromatic heterocycles. The minimum atomic E-state index is -4.62.